The molecule has 3 nitrogen and oxygen atoms in total. The minimum atomic E-state index is -0.457. The first kappa shape index (κ1) is 11.8. The molecule has 2 rings (SSSR count). The lowest BCUT2D eigenvalue weighted by Crippen LogP contribution is -1.97. The first-order valence-electron chi connectivity index (χ1n) is 5.12. The molecule has 0 saturated heterocycles. The smallest absolute Gasteiger partial charge is 0.374 e. The average Bonchev–Trinajstić information content (AvgIpc) is 2.80. The molecule has 0 bridgehead atoms. The van der Waals surface area contributed by atoms with E-state index in [9.17, 15) is 4.79 Å². The highest BCUT2D eigenvalue weighted by atomic mass is 32.2. The second kappa shape index (κ2) is 5.10. The number of benzene rings is 1. The molecule has 0 aliphatic rings. The molecule has 1 aromatic carbocycles. The molecule has 0 spiro atoms. The number of rotatable bonds is 3. The van der Waals surface area contributed by atoms with Crippen LogP contribution < -0.4 is 0 Å². The fraction of sp³-hybridized carbons (Fsp3) is 0.154. The predicted octanol–water partition coefficient (Wildman–Crippen LogP) is 3.53. The Morgan fingerprint density at radius 3 is 2.71 bits per heavy atom. The van der Waals surface area contributed by atoms with Gasteiger partial charge in [0.2, 0.25) is 5.76 Å². The summed E-state index contributed by atoms with van der Waals surface area (Å²) in [5.41, 5.74) is 1.17. The van der Waals surface area contributed by atoms with Crippen molar-refractivity contribution in [2.24, 2.45) is 0 Å². The van der Waals surface area contributed by atoms with E-state index in [-0.39, 0.29) is 5.76 Å². The number of carbonyl (C=O) groups is 1. The second-order valence-corrected chi connectivity index (χ2v) is 4.52. The second-order valence-electron chi connectivity index (χ2n) is 3.48. The Hall–Kier alpha value is -1.68. The van der Waals surface area contributed by atoms with Gasteiger partial charge in [0, 0.05) is 4.90 Å². The van der Waals surface area contributed by atoms with Crippen molar-refractivity contribution in [1.82, 2.24) is 0 Å². The van der Waals surface area contributed by atoms with Crippen molar-refractivity contribution < 1.29 is 13.9 Å². The maximum Gasteiger partial charge on any atom is 0.374 e. The van der Waals surface area contributed by atoms with E-state index in [1.165, 1.54) is 24.4 Å². The van der Waals surface area contributed by atoms with Gasteiger partial charge in [-0.2, -0.15) is 0 Å². The van der Waals surface area contributed by atoms with Gasteiger partial charge in [0.05, 0.1) is 7.11 Å². The Labute approximate surface area is 104 Å². The third kappa shape index (κ3) is 2.71. The van der Waals surface area contributed by atoms with Crippen LogP contribution in [0, 0.1) is 6.92 Å². The van der Waals surface area contributed by atoms with E-state index in [4.69, 9.17) is 4.42 Å². The maximum absolute atomic E-state index is 11.2. The van der Waals surface area contributed by atoms with Gasteiger partial charge >= 0.3 is 5.97 Å². The number of ether oxygens (including phenoxy) is 1. The van der Waals surface area contributed by atoms with Crippen LogP contribution in [0.25, 0.3) is 0 Å². The molecule has 0 radical (unpaired) electrons. The van der Waals surface area contributed by atoms with Crippen LogP contribution in [0.15, 0.2) is 50.8 Å². The van der Waals surface area contributed by atoms with Gasteiger partial charge in [-0.15, -0.1) is 0 Å². The Kier molecular flexibility index (Phi) is 3.54. The average molecular weight is 248 g/mol. The lowest BCUT2D eigenvalue weighted by Gasteiger charge is -2.01. The normalized spacial score (nSPS) is 10.2. The van der Waals surface area contributed by atoms with Gasteiger partial charge in [-0.25, -0.2) is 4.79 Å². The van der Waals surface area contributed by atoms with E-state index in [0.717, 1.165) is 4.90 Å². The molecule has 0 aliphatic heterocycles. The topological polar surface area (TPSA) is 39.4 Å². The van der Waals surface area contributed by atoms with E-state index in [1.807, 2.05) is 31.2 Å². The van der Waals surface area contributed by atoms with Crippen molar-refractivity contribution in [3.8, 4) is 0 Å². The largest absolute Gasteiger partial charge is 0.463 e. The molecular weight excluding hydrogens is 236 g/mol. The molecule has 4 heteroatoms. The molecule has 88 valence electrons. The summed E-state index contributed by atoms with van der Waals surface area (Å²) >= 11 is 1.49. The summed E-state index contributed by atoms with van der Waals surface area (Å²) < 4.78 is 9.97. The first-order chi connectivity index (χ1) is 8.20. The molecule has 0 N–H and O–H groups in total. The predicted molar refractivity (Wildman–Crippen MR) is 65.3 cm³/mol. The zero-order valence-corrected chi connectivity index (χ0v) is 10.4. The quantitative estimate of drug-likeness (QED) is 0.779. The molecular formula is C13H12O3S. The number of methoxy groups -OCH3 is 1. The van der Waals surface area contributed by atoms with Crippen molar-refractivity contribution in [3.05, 3.63) is 47.7 Å². The molecule has 0 saturated carbocycles. The molecule has 0 aliphatic carbocycles. The van der Waals surface area contributed by atoms with Gasteiger partial charge in [0.15, 0.2) is 5.09 Å². The van der Waals surface area contributed by atoms with Crippen LogP contribution in [0.2, 0.25) is 0 Å². The van der Waals surface area contributed by atoms with E-state index in [0.29, 0.717) is 5.09 Å². The summed E-state index contributed by atoms with van der Waals surface area (Å²) in [6, 6.07) is 11.4. The third-order valence-electron chi connectivity index (χ3n) is 2.27. The summed E-state index contributed by atoms with van der Waals surface area (Å²) in [6.45, 7) is 2.03. The SMILES string of the molecule is COC(=O)c1ccc(Sc2ccccc2C)o1. The zero-order chi connectivity index (χ0) is 12.3. The zero-order valence-electron chi connectivity index (χ0n) is 9.60. The standard InChI is InChI=1S/C13H12O3S/c1-9-5-3-4-6-11(9)17-12-8-7-10(16-12)13(14)15-2/h3-8H,1-2H3. The number of aryl methyl sites for hydroxylation is 1. The van der Waals surface area contributed by atoms with Crippen LogP contribution in [-0.2, 0) is 4.74 Å². The van der Waals surface area contributed by atoms with Crippen LogP contribution in [0.5, 0.6) is 0 Å². The number of esters is 1. The van der Waals surface area contributed by atoms with Crippen LogP contribution >= 0.6 is 11.8 Å². The monoisotopic (exact) mass is 248 g/mol. The lowest BCUT2D eigenvalue weighted by atomic mass is 10.2. The number of furan rings is 1. The molecule has 0 amide bonds. The van der Waals surface area contributed by atoms with Crippen molar-refractivity contribution in [3.63, 3.8) is 0 Å². The Bertz CT molecular complexity index is 531. The minimum Gasteiger partial charge on any atom is -0.463 e. The van der Waals surface area contributed by atoms with E-state index in [2.05, 4.69) is 4.74 Å². The Morgan fingerprint density at radius 1 is 1.24 bits per heavy atom. The van der Waals surface area contributed by atoms with Crippen molar-refractivity contribution in [2.75, 3.05) is 7.11 Å². The van der Waals surface area contributed by atoms with Gasteiger partial charge < -0.3 is 9.15 Å². The highest BCUT2D eigenvalue weighted by Crippen LogP contribution is 2.31. The molecule has 0 unspecified atom stereocenters. The van der Waals surface area contributed by atoms with Gasteiger partial charge in [-0.1, -0.05) is 30.0 Å². The molecule has 17 heavy (non-hydrogen) atoms. The summed E-state index contributed by atoms with van der Waals surface area (Å²) in [7, 11) is 1.33. The number of carbonyl (C=O) groups excluding carboxylic acids is 1. The highest BCUT2D eigenvalue weighted by Gasteiger charge is 2.12. The molecule has 1 aromatic heterocycles. The van der Waals surface area contributed by atoms with E-state index >= 15 is 0 Å². The van der Waals surface area contributed by atoms with E-state index in [1.54, 1.807) is 12.1 Å². The molecule has 1 heterocycles. The summed E-state index contributed by atoms with van der Waals surface area (Å²) in [4.78, 5) is 12.3. The highest BCUT2D eigenvalue weighted by molar-refractivity contribution is 7.99. The van der Waals surface area contributed by atoms with Gasteiger partial charge in [-0.3, -0.25) is 0 Å². The Balaban J connectivity index is 2.17. The van der Waals surface area contributed by atoms with Crippen molar-refractivity contribution >= 4 is 17.7 Å². The fourth-order valence-electron chi connectivity index (χ4n) is 1.36. The number of hydrogen-bond acceptors (Lipinski definition) is 4. The van der Waals surface area contributed by atoms with Crippen LogP contribution in [0.4, 0.5) is 0 Å². The number of hydrogen-bond donors (Lipinski definition) is 0. The van der Waals surface area contributed by atoms with Crippen LogP contribution in [-0.4, -0.2) is 13.1 Å². The van der Waals surface area contributed by atoms with Gasteiger partial charge in [0.25, 0.3) is 0 Å². The first-order valence-corrected chi connectivity index (χ1v) is 5.94. The summed E-state index contributed by atoms with van der Waals surface area (Å²) in [5, 5.41) is 0.680. The van der Waals surface area contributed by atoms with Crippen LogP contribution in [0.3, 0.4) is 0 Å². The van der Waals surface area contributed by atoms with Crippen LogP contribution in [0.1, 0.15) is 16.1 Å². The Morgan fingerprint density at radius 2 is 2.00 bits per heavy atom. The molecule has 2 aromatic rings. The van der Waals surface area contributed by atoms with Gasteiger partial charge in [-0.05, 0) is 30.7 Å². The molecule has 0 fully saturated rings. The van der Waals surface area contributed by atoms with Crippen molar-refractivity contribution in [2.45, 2.75) is 16.9 Å². The lowest BCUT2D eigenvalue weighted by molar-refractivity contribution is 0.0559. The maximum atomic E-state index is 11.2. The van der Waals surface area contributed by atoms with Crippen molar-refractivity contribution in [1.29, 1.82) is 0 Å². The third-order valence-corrected chi connectivity index (χ3v) is 3.37. The molecule has 0 atom stereocenters. The summed E-state index contributed by atoms with van der Waals surface area (Å²) in [5.74, 6) is -0.231. The fourth-order valence-corrected chi connectivity index (χ4v) is 2.22. The summed E-state index contributed by atoms with van der Waals surface area (Å²) in [6.07, 6.45) is 0. The minimum absolute atomic E-state index is 0.226. The van der Waals surface area contributed by atoms with Gasteiger partial charge in [0.1, 0.15) is 0 Å². The van der Waals surface area contributed by atoms with E-state index < -0.39 is 5.97 Å².